The van der Waals surface area contributed by atoms with Crippen LogP contribution < -0.4 is 0 Å². The van der Waals surface area contributed by atoms with Crippen LogP contribution in [0.2, 0.25) is 0 Å². The SMILES string of the molecule is IC[C@@H](OCc1ccccc1)[C@@H](CI)OCc1ccccc1. The highest BCUT2D eigenvalue weighted by molar-refractivity contribution is 14.1. The Bertz CT molecular complexity index is 470. The summed E-state index contributed by atoms with van der Waals surface area (Å²) in [5, 5.41) is 0. The van der Waals surface area contributed by atoms with Crippen molar-refractivity contribution >= 4 is 45.2 Å². The molecule has 0 aliphatic rings. The van der Waals surface area contributed by atoms with Gasteiger partial charge in [-0.15, -0.1) is 0 Å². The van der Waals surface area contributed by atoms with Gasteiger partial charge in [0.05, 0.1) is 25.4 Å². The fourth-order valence-corrected chi connectivity index (χ4v) is 3.70. The van der Waals surface area contributed by atoms with Gasteiger partial charge in [-0.25, -0.2) is 0 Å². The minimum atomic E-state index is 0.112. The molecule has 0 saturated heterocycles. The first-order chi connectivity index (χ1) is 10.8. The zero-order valence-corrected chi connectivity index (χ0v) is 16.6. The summed E-state index contributed by atoms with van der Waals surface area (Å²) in [4.78, 5) is 0. The van der Waals surface area contributed by atoms with Gasteiger partial charge in [0.1, 0.15) is 0 Å². The van der Waals surface area contributed by atoms with Gasteiger partial charge in [-0.05, 0) is 11.1 Å². The molecular formula is C18H20I2O2. The Morgan fingerprint density at radius 2 is 1.00 bits per heavy atom. The number of ether oxygens (including phenoxy) is 2. The molecule has 2 nitrogen and oxygen atoms in total. The lowest BCUT2D eigenvalue weighted by Crippen LogP contribution is -2.34. The third-order valence-corrected chi connectivity index (χ3v) is 5.07. The van der Waals surface area contributed by atoms with Crippen molar-refractivity contribution in [2.45, 2.75) is 25.4 Å². The number of hydrogen-bond acceptors (Lipinski definition) is 2. The third-order valence-electron chi connectivity index (χ3n) is 3.33. The summed E-state index contributed by atoms with van der Waals surface area (Å²) in [6, 6.07) is 20.6. The normalized spacial score (nSPS) is 13.7. The van der Waals surface area contributed by atoms with Gasteiger partial charge in [0.2, 0.25) is 0 Å². The number of hydrogen-bond donors (Lipinski definition) is 0. The first-order valence-corrected chi connectivity index (χ1v) is 10.3. The van der Waals surface area contributed by atoms with Crippen LogP contribution in [0.5, 0.6) is 0 Å². The van der Waals surface area contributed by atoms with E-state index in [0.29, 0.717) is 13.2 Å². The van der Waals surface area contributed by atoms with Crippen LogP contribution >= 0.6 is 45.2 Å². The van der Waals surface area contributed by atoms with Crippen LogP contribution in [-0.2, 0) is 22.7 Å². The third kappa shape index (κ3) is 6.14. The van der Waals surface area contributed by atoms with Crippen LogP contribution in [-0.4, -0.2) is 21.1 Å². The minimum Gasteiger partial charge on any atom is -0.370 e. The molecule has 2 atom stereocenters. The first-order valence-electron chi connectivity index (χ1n) is 7.26. The first kappa shape index (κ1) is 18.2. The van der Waals surface area contributed by atoms with E-state index in [1.54, 1.807) is 0 Å². The predicted octanol–water partition coefficient (Wildman–Crippen LogP) is 5.03. The van der Waals surface area contributed by atoms with Crippen molar-refractivity contribution in [3.63, 3.8) is 0 Å². The molecule has 0 N–H and O–H groups in total. The Hall–Kier alpha value is -0.180. The molecule has 0 spiro atoms. The van der Waals surface area contributed by atoms with E-state index in [1.807, 2.05) is 36.4 Å². The summed E-state index contributed by atoms with van der Waals surface area (Å²) in [6.45, 7) is 1.27. The van der Waals surface area contributed by atoms with E-state index in [1.165, 1.54) is 11.1 Å². The van der Waals surface area contributed by atoms with Crippen molar-refractivity contribution < 1.29 is 9.47 Å². The minimum absolute atomic E-state index is 0.112. The molecule has 2 aromatic rings. The van der Waals surface area contributed by atoms with Gasteiger partial charge in [0.25, 0.3) is 0 Å². The van der Waals surface area contributed by atoms with Crippen LogP contribution in [0.15, 0.2) is 60.7 Å². The van der Waals surface area contributed by atoms with Gasteiger partial charge in [-0.3, -0.25) is 0 Å². The summed E-state index contributed by atoms with van der Waals surface area (Å²) in [7, 11) is 0. The van der Waals surface area contributed by atoms with Gasteiger partial charge in [0, 0.05) is 8.86 Å². The van der Waals surface area contributed by atoms with Gasteiger partial charge in [-0.1, -0.05) is 106 Å². The summed E-state index contributed by atoms with van der Waals surface area (Å²) in [6.07, 6.45) is 0.225. The van der Waals surface area contributed by atoms with E-state index < -0.39 is 0 Å². The van der Waals surface area contributed by atoms with Gasteiger partial charge < -0.3 is 9.47 Å². The standard InChI is InChI=1S/C18H20I2O2/c19-11-17(21-13-15-7-3-1-4-8-15)18(12-20)22-14-16-9-5-2-6-10-16/h1-10,17-18H,11-14H2/t17-,18-/m1/s1. The number of benzene rings is 2. The molecule has 4 heteroatoms. The highest BCUT2D eigenvalue weighted by Gasteiger charge is 2.21. The predicted molar refractivity (Wildman–Crippen MR) is 108 cm³/mol. The molecule has 0 unspecified atom stereocenters. The van der Waals surface area contributed by atoms with E-state index in [2.05, 4.69) is 69.4 Å². The molecule has 0 amide bonds. The highest BCUT2D eigenvalue weighted by Crippen LogP contribution is 2.15. The molecule has 0 fully saturated rings. The smallest absolute Gasteiger partial charge is 0.0938 e. The molecule has 2 aromatic carbocycles. The van der Waals surface area contributed by atoms with Crippen LogP contribution in [0.25, 0.3) is 0 Å². The van der Waals surface area contributed by atoms with E-state index >= 15 is 0 Å². The second kappa shape index (κ2) is 10.6. The molecular weight excluding hydrogens is 502 g/mol. The van der Waals surface area contributed by atoms with Gasteiger partial charge in [0.15, 0.2) is 0 Å². The second-order valence-corrected chi connectivity index (χ2v) is 6.74. The number of alkyl halides is 2. The summed E-state index contributed by atoms with van der Waals surface area (Å²) in [5.41, 5.74) is 2.40. The van der Waals surface area contributed by atoms with Crippen LogP contribution in [0, 0.1) is 0 Å². The number of halogens is 2. The van der Waals surface area contributed by atoms with Crippen LogP contribution in [0.3, 0.4) is 0 Å². The van der Waals surface area contributed by atoms with Crippen molar-refractivity contribution in [2.75, 3.05) is 8.86 Å². The molecule has 118 valence electrons. The van der Waals surface area contributed by atoms with Crippen LogP contribution in [0.1, 0.15) is 11.1 Å². The monoisotopic (exact) mass is 522 g/mol. The summed E-state index contributed by atoms with van der Waals surface area (Å²) >= 11 is 4.75. The van der Waals surface area contributed by atoms with Crippen molar-refractivity contribution in [1.82, 2.24) is 0 Å². The topological polar surface area (TPSA) is 18.5 Å². The van der Waals surface area contributed by atoms with E-state index in [0.717, 1.165) is 8.86 Å². The number of rotatable bonds is 9. The maximum atomic E-state index is 6.08. The fourth-order valence-electron chi connectivity index (χ4n) is 2.06. The fraction of sp³-hybridized carbons (Fsp3) is 0.333. The maximum absolute atomic E-state index is 6.08. The van der Waals surface area contributed by atoms with E-state index in [4.69, 9.17) is 9.47 Å². The van der Waals surface area contributed by atoms with Crippen molar-refractivity contribution in [1.29, 1.82) is 0 Å². The summed E-state index contributed by atoms with van der Waals surface area (Å²) < 4.78 is 14.0. The zero-order valence-electron chi connectivity index (χ0n) is 12.3. The summed E-state index contributed by atoms with van der Waals surface area (Å²) in [5.74, 6) is 0. The molecule has 0 heterocycles. The molecule has 0 aliphatic heterocycles. The highest BCUT2D eigenvalue weighted by atomic mass is 127. The Balaban J connectivity index is 1.86. The lowest BCUT2D eigenvalue weighted by atomic mass is 10.2. The largest absolute Gasteiger partial charge is 0.370 e. The molecule has 0 aromatic heterocycles. The second-order valence-electron chi connectivity index (χ2n) is 4.98. The van der Waals surface area contributed by atoms with Gasteiger partial charge in [-0.2, -0.15) is 0 Å². The van der Waals surface area contributed by atoms with Gasteiger partial charge >= 0.3 is 0 Å². The lowest BCUT2D eigenvalue weighted by molar-refractivity contribution is -0.0616. The Morgan fingerprint density at radius 3 is 1.32 bits per heavy atom. The molecule has 0 radical (unpaired) electrons. The van der Waals surface area contributed by atoms with E-state index in [9.17, 15) is 0 Å². The molecule has 0 bridgehead atoms. The molecule has 2 rings (SSSR count). The van der Waals surface area contributed by atoms with Crippen LogP contribution in [0.4, 0.5) is 0 Å². The van der Waals surface area contributed by atoms with Crippen molar-refractivity contribution in [2.24, 2.45) is 0 Å². The van der Waals surface area contributed by atoms with E-state index in [-0.39, 0.29) is 12.2 Å². The van der Waals surface area contributed by atoms with Crippen molar-refractivity contribution in [3.8, 4) is 0 Å². The molecule has 0 saturated carbocycles. The average molecular weight is 522 g/mol. The Morgan fingerprint density at radius 1 is 0.636 bits per heavy atom. The zero-order chi connectivity index (χ0) is 15.6. The quantitative estimate of drug-likeness (QED) is 0.340. The lowest BCUT2D eigenvalue weighted by Gasteiger charge is -2.25. The Labute approximate surface area is 159 Å². The average Bonchev–Trinajstić information content (AvgIpc) is 2.59. The van der Waals surface area contributed by atoms with Crippen molar-refractivity contribution in [3.05, 3.63) is 71.8 Å². The maximum Gasteiger partial charge on any atom is 0.0938 e. The molecule has 0 aliphatic carbocycles. The molecule has 22 heavy (non-hydrogen) atoms. The Kier molecular flexibility index (Phi) is 8.72.